The van der Waals surface area contributed by atoms with Crippen molar-refractivity contribution in [2.45, 2.75) is 128 Å². The molecule has 3 saturated heterocycles. The second-order valence-electron chi connectivity index (χ2n) is 17.0. The first kappa shape index (κ1) is 41.0. The molecule has 3 fully saturated rings. The summed E-state index contributed by atoms with van der Waals surface area (Å²) in [5.74, 6) is -4.71. The van der Waals surface area contributed by atoms with Crippen LogP contribution in [0.2, 0.25) is 0 Å². The van der Waals surface area contributed by atoms with Gasteiger partial charge in [0.2, 0.25) is 0 Å². The lowest BCUT2D eigenvalue weighted by Gasteiger charge is -2.51. The first-order valence-corrected chi connectivity index (χ1v) is 20.4. The highest BCUT2D eigenvalue weighted by molar-refractivity contribution is 6.12. The van der Waals surface area contributed by atoms with Crippen LogP contribution in [0.4, 0.5) is 0 Å². The fourth-order valence-corrected chi connectivity index (χ4v) is 9.53. The number of carbonyl (C=O) groups is 3. The van der Waals surface area contributed by atoms with E-state index in [2.05, 4.69) is 20.8 Å². The van der Waals surface area contributed by atoms with Gasteiger partial charge in [-0.2, -0.15) is 0 Å². The number of aromatic carboxylic acids is 1. The number of carbonyl (C=O) groups excluding carboxylic acids is 2. The van der Waals surface area contributed by atoms with Crippen LogP contribution in [0.25, 0.3) is 10.8 Å². The molecule has 4 heterocycles. The maximum Gasteiger partial charge on any atom is 0.340 e. The van der Waals surface area contributed by atoms with Crippen molar-refractivity contribution in [2.75, 3.05) is 6.61 Å². The Labute approximate surface area is 334 Å². The molecule has 1 spiro atoms. The van der Waals surface area contributed by atoms with Crippen LogP contribution in [0.15, 0.2) is 83.5 Å². The highest BCUT2D eigenvalue weighted by atomic mass is 16.7. The van der Waals surface area contributed by atoms with Gasteiger partial charge in [-0.3, -0.25) is 4.79 Å². The number of carboxylic acid groups (broad SMARTS) is 1. The molecule has 11 nitrogen and oxygen atoms in total. The Morgan fingerprint density at radius 2 is 1.82 bits per heavy atom. The van der Waals surface area contributed by atoms with Crippen molar-refractivity contribution in [3.8, 4) is 0 Å². The van der Waals surface area contributed by atoms with E-state index in [1.165, 1.54) is 6.07 Å². The van der Waals surface area contributed by atoms with Crippen LogP contribution >= 0.6 is 0 Å². The molecule has 0 radical (unpaired) electrons. The van der Waals surface area contributed by atoms with E-state index in [1.54, 1.807) is 55.5 Å². The lowest BCUT2D eigenvalue weighted by Crippen LogP contribution is -2.59. The van der Waals surface area contributed by atoms with Gasteiger partial charge in [-0.1, -0.05) is 94.8 Å². The summed E-state index contributed by atoms with van der Waals surface area (Å²) in [5.41, 5.74) is -0.739. The third-order valence-corrected chi connectivity index (χ3v) is 13.1. The van der Waals surface area contributed by atoms with Crippen LogP contribution in [0.5, 0.6) is 0 Å². The zero-order valence-electron chi connectivity index (χ0n) is 33.7. The molecule has 5 aliphatic rings. The number of aliphatic hydroxyl groups excluding tert-OH is 1. The minimum absolute atomic E-state index is 0.0303. The predicted molar refractivity (Wildman–Crippen MR) is 212 cm³/mol. The first-order valence-electron chi connectivity index (χ1n) is 20.4. The molecule has 3 N–H and O–H groups in total. The van der Waals surface area contributed by atoms with E-state index in [0.717, 1.165) is 18.4 Å². The number of ether oxygens (including phenoxy) is 5. The Balaban J connectivity index is 1.26. The number of fused-ring (bicyclic) bond motifs is 3. The molecule has 1 aliphatic carbocycles. The molecule has 2 aromatic carbocycles. The molecule has 7 rings (SSSR count). The van der Waals surface area contributed by atoms with Crippen molar-refractivity contribution in [1.82, 2.24) is 0 Å². The average Bonchev–Trinajstić information content (AvgIpc) is 3.53. The van der Waals surface area contributed by atoms with E-state index in [9.17, 15) is 29.7 Å². The van der Waals surface area contributed by atoms with Crippen molar-refractivity contribution in [1.29, 1.82) is 0 Å². The second-order valence-corrected chi connectivity index (χ2v) is 17.0. The van der Waals surface area contributed by atoms with Gasteiger partial charge in [-0.15, -0.1) is 0 Å². The Bertz CT molecular complexity index is 2010. The third kappa shape index (κ3) is 7.77. The summed E-state index contributed by atoms with van der Waals surface area (Å²) in [4.78, 5) is 41.0. The topological polar surface area (TPSA) is 158 Å². The fraction of sp³-hybridized carbons (Fsp3) is 0.543. The summed E-state index contributed by atoms with van der Waals surface area (Å²) >= 11 is 0. The zero-order valence-corrected chi connectivity index (χ0v) is 33.7. The summed E-state index contributed by atoms with van der Waals surface area (Å²) in [6.45, 7) is 11.9. The number of carboxylic acids is 1. The smallest absolute Gasteiger partial charge is 0.340 e. The molecule has 57 heavy (non-hydrogen) atoms. The molecule has 4 aliphatic heterocycles. The summed E-state index contributed by atoms with van der Waals surface area (Å²) in [6, 6.07) is 9.94. The molecule has 2 bridgehead atoms. The molecule has 1 unspecified atom stereocenters. The number of allylic oxidation sites excluding steroid dienone is 2. The van der Waals surface area contributed by atoms with Gasteiger partial charge in [0, 0.05) is 25.2 Å². The number of hydrogen-bond donors (Lipinski definition) is 3. The molecular weight excluding hydrogens is 728 g/mol. The summed E-state index contributed by atoms with van der Waals surface area (Å²) in [5, 5.41) is 35.3. The van der Waals surface area contributed by atoms with Crippen molar-refractivity contribution in [2.24, 2.45) is 23.7 Å². The normalized spacial score (nSPS) is 38.8. The zero-order chi connectivity index (χ0) is 40.8. The lowest BCUT2D eigenvalue weighted by molar-refractivity contribution is -0.340. The number of esters is 2. The number of benzene rings is 2. The van der Waals surface area contributed by atoms with Crippen molar-refractivity contribution >= 4 is 28.7 Å². The average molecular weight is 785 g/mol. The van der Waals surface area contributed by atoms with E-state index in [0.29, 0.717) is 59.4 Å². The van der Waals surface area contributed by atoms with Crippen LogP contribution < -0.4 is 0 Å². The van der Waals surface area contributed by atoms with Crippen LogP contribution in [0.1, 0.15) is 101 Å². The van der Waals surface area contributed by atoms with Crippen LogP contribution in [-0.4, -0.2) is 87.8 Å². The second kappa shape index (κ2) is 16.3. The molecule has 2 aromatic rings. The Morgan fingerprint density at radius 3 is 2.58 bits per heavy atom. The molecule has 306 valence electrons. The van der Waals surface area contributed by atoms with E-state index < -0.39 is 59.6 Å². The lowest BCUT2D eigenvalue weighted by atomic mass is 9.70. The van der Waals surface area contributed by atoms with E-state index in [4.69, 9.17) is 23.7 Å². The van der Waals surface area contributed by atoms with Crippen molar-refractivity contribution < 1.29 is 53.4 Å². The Morgan fingerprint density at radius 1 is 1.05 bits per heavy atom. The van der Waals surface area contributed by atoms with E-state index in [1.807, 2.05) is 26.0 Å². The molecule has 0 saturated carbocycles. The highest BCUT2D eigenvalue weighted by Crippen LogP contribution is 2.49. The summed E-state index contributed by atoms with van der Waals surface area (Å²) < 4.78 is 32.4. The van der Waals surface area contributed by atoms with Crippen LogP contribution in [0.3, 0.4) is 0 Å². The molecule has 0 amide bonds. The number of hydrogen-bond acceptors (Lipinski definition) is 10. The third-order valence-electron chi connectivity index (χ3n) is 13.1. The van der Waals surface area contributed by atoms with Gasteiger partial charge in [-0.05, 0) is 72.1 Å². The maximum atomic E-state index is 14.6. The van der Waals surface area contributed by atoms with Gasteiger partial charge in [0.25, 0.3) is 0 Å². The number of aliphatic hydroxyl groups is 2. The summed E-state index contributed by atoms with van der Waals surface area (Å²) in [6.07, 6.45) is 8.33. The van der Waals surface area contributed by atoms with Crippen LogP contribution in [-0.2, 0) is 28.5 Å². The van der Waals surface area contributed by atoms with Crippen molar-refractivity contribution in [3.05, 3.63) is 94.6 Å². The minimum Gasteiger partial charge on any atom is -0.478 e. The Hall–Kier alpha value is -4.13. The molecule has 0 aromatic heterocycles. The standard InChI is InChI=1S/C46H56O11/c1-7-25(2)39-28(5)19-20-45(57-39)23-33-22-32(56-45)17-15-27(4)38(47)26(3)11-10-13-31-24-53-41-40(29(6)21-36(43(50)54-33)46(31,41)52)55-44(51)37-34-14-9-8-12-30(34)16-18-35(37)42(48)49/h8-16,18,21,25-26,28,32-33,36,38-41,47,52H,7,17,19-20,22-24H2,1-6H3,(H,48,49)/b11-10+,27-15+,31-13+/t25-,26-,28-,32+,33-,36-,38?,39+,40+,41+,45+,46+/m0/s1. The first-order chi connectivity index (χ1) is 27.2. The Kier molecular flexibility index (Phi) is 11.7. The fourth-order valence-electron chi connectivity index (χ4n) is 9.53. The van der Waals surface area contributed by atoms with Gasteiger partial charge in [0.15, 0.2) is 11.9 Å². The minimum atomic E-state index is -2.00. The largest absolute Gasteiger partial charge is 0.478 e. The van der Waals surface area contributed by atoms with Gasteiger partial charge >= 0.3 is 17.9 Å². The van der Waals surface area contributed by atoms with E-state index >= 15 is 0 Å². The van der Waals surface area contributed by atoms with Gasteiger partial charge < -0.3 is 39.0 Å². The molecular formula is C46H56O11. The maximum absolute atomic E-state index is 14.6. The predicted octanol–water partition coefficient (Wildman–Crippen LogP) is 7.25. The van der Waals surface area contributed by atoms with E-state index in [-0.39, 0.29) is 35.9 Å². The molecule has 11 heteroatoms. The van der Waals surface area contributed by atoms with Gasteiger partial charge in [0.1, 0.15) is 23.7 Å². The van der Waals surface area contributed by atoms with Crippen LogP contribution in [0, 0.1) is 23.7 Å². The van der Waals surface area contributed by atoms with Crippen molar-refractivity contribution in [3.63, 3.8) is 0 Å². The monoisotopic (exact) mass is 784 g/mol. The highest BCUT2D eigenvalue weighted by Gasteiger charge is 2.61. The number of rotatable bonds is 5. The summed E-state index contributed by atoms with van der Waals surface area (Å²) in [7, 11) is 0. The quantitative estimate of drug-likeness (QED) is 0.207. The molecule has 12 atom stereocenters. The van der Waals surface area contributed by atoms with Gasteiger partial charge in [0.05, 0.1) is 36.0 Å². The van der Waals surface area contributed by atoms with Gasteiger partial charge in [-0.25, -0.2) is 9.59 Å². The SMILES string of the molecule is CC[C@H](C)[C@H]1O[C@]2(CC[C@@H]1C)C[C@@H]1C[C@@H](C/C=C(\C)C(O)[C@@H](C)/C=C/C=C3\CO[C@@H]4[C@H](OC(=O)c5c(C(=O)O)ccc6ccccc56)C(C)=C[C@@H](C(=O)O1)[C@]34O)O2.